The molecule has 0 aromatic rings. The highest BCUT2D eigenvalue weighted by Crippen LogP contribution is 2.01. The fourth-order valence-corrected chi connectivity index (χ4v) is 0.480. The topological polar surface area (TPSA) is 50.1 Å². The van der Waals surface area contributed by atoms with Crippen molar-refractivity contribution in [2.45, 2.75) is 13.3 Å². The van der Waals surface area contributed by atoms with Gasteiger partial charge in [0.25, 0.3) is 0 Å². The van der Waals surface area contributed by atoms with Crippen molar-refractivity contribution in [1.82, 2.24) is 0 Å². The molecule has 0 heterocycles. The molecule has 0 amide bonds. The number of ketones is 1. The molecule has 0 saturated heterocycles. The number of rotatable bonds is 3. The van der Waals surface area contributed by atoms with E-state index in [1.165, 1.54) is 0 Å². The highest BCUT2D eigenvalue weighted by atomic mass is 35.5. The highest BCUT2D eigenvalue weighted by Gasteiger charge is 2.10. The summed E-state index contributed by atoms with van der Waals surface area (Å²) >= 11 is 4.81. The third kappa shape index (κ3) is 2.19. The van der Waals surface area contributed by atoms with Gasteiger partial charge in [0.15, 0.2) is 5.78 Å². The van der Waals surface area contributed by atoms with Crippen LogP contribution in [0.25, 0.3) is 0 Å². The Labute approximate surface area is 64.3 Å². The van der Waals surface area contributed by atoms with E-state index in [9.17, 15) is 4.79 Å². The van der Waals surface area contributed by atoms with Crippen molar-refractivity contribution in [3.05, 3.63) is 12.2 Å². The first-order chi connectivity index (χ1) is 4.63. The molecule has 1 N–H and O–H groups in total. The summed E-state index contributed by atoms with van der Waals surface area (Å²) in [5.41, 5.74) is 0.0116. The molecule has 0 aliphatic heterocycles. The van der Waals surface area contributed by atoms with Crippen molar-refractivity contribution < 1.29 is 9.08 Å². The Hall–Kier alpha value is -0.830. The lowest BCUT2D eigenvalue weighted by atomic mass is 10.1. The van der Waals surface area contributed by atoms with E-state index < -0.39 is 0 Å². The number of carbonyl (C=O) groups excluding carboxylic acids is 1. The largest absolute Gasteiger partial charge is 0.365 e. The summed E-state index contributed by atoms with van der Waals surface area (Å²) < 4.78 is 3.97. The second-order valence-electron chi connectivity index (χ2n) is 1.66. The molecule has 0 spiro atoms. The maximum Gasteiger partial charge on any atom is 0.239 e. The van der Waals surface area contributed by atoms with Crippen LogP contribution in [-0.4, -0.2) is 11.7 Å². The van der Waals surface area contributed by atoms with Crippen molar-refractivity contribution in [3.8, 4) is 0 Å². The standard InChI is InChI=1S/C6H8ClNO2/c1-3-5(9)4(2)6(8)10-7/h8H,2-3H2,1H3. The van der Waals surface area contributed by atoms with Crippen LogP contribution in [0.2, 0.25) is 0 Å². The second-order valence-corrected chi connectivity index (χ2v) is 1.82. The minimum absolute atomic E-state index is 0.0116. The Kier molecular flexibility index (Phi) is 3.72. The maximum atomic E-state index is 10.7. The van der Waals surface area contributed by atoms with Gasteiger partial charge in [0.1, 0.15) is 11.9 Å². The third-order valence-electron chi connectivity index (χ3n) is 1.01. The molecular weight excluding hydrogens is 154 g/mol. The molecule has 0 aliphatic carbocycles. The van der Waals surface area contributed by atoms with Crippen molar-refractivity contribution in [3.63, 3.8) is 0 Å². The van der Waals surface area contributed by atoms with Crippen LogP contribution in [0.3, 0.4) is 0 Å². The lowest BCUT2D eigenvalue weighted by Crippen LogP contribution is -2.09. The Morgan fingerprint density at radius 3 is 2.60 bits per heavy atom. The lowest BCUT2D eigenvalue weighted by Gasteiger charge is -1.98. The molecule has 0 unspecified atom stereocenters. The van der Waals surface area contributed by atoms with Crippen LogP contribution >= 0.6 is 11.9 Å². The normalized spacial score (nSPS) is 8.60. The summed E-state index contributed by atoms with van der Waals surface area (Å²) in [5, 5.41) is 6.90. The maximum absolute atomic E-state index is 10.7. The summed E-state index contributed by atoms with van der Waals surface area (Å²) in [6.07, 6.45) is 0.307. The van der Waals surface area contributed by atoms with E-state index in [1.807, 2.05) is 0 Å². The smallest absolute Gasteiger partial charge is 0.239 e. The Balaban J connectivity index is 4.09. The van der Waals surface area contributed by atoms with E-state index >= 15 is 0 Å². The first kappa shape index (κ1) is 9.17. The molecule has 0 radical (unpaired) electrons. The Morgan fingerprint density at radius 1 is 1.80 bits per heavy atom. The zero-order chi connectivity index (χ0) is 8.15. The summed E-state index contributed by atoms with van der Waals surface area (Å²) in [5.74, 6) is -0.612. The number of hydrogen-bond acceptors (Lipinski definition) is 3. The van der Waals surface area contributed by atoms with E-state index in [-0.39, 0.29) is 17.3 Å². The summed E-state index contributed by atoms with van der Waals surface area (Å²) in [4.78, 5) is 10.7. The first-order valence-electron chi connectivity index (χ1n) is 2.73. The number of Topliss-reactive ketones (excluding diaryl/α,β-unsaturated/α-hetero) is 1. The number of nitrogens with one attached hydrogen (secondary N) is 1. The fourth-order valence-electron chi connectivity index (χ4n) is 0.387. The van der Waals surface area contributed by atoms with Gasteiger partial charge in [-0.1, -0.05) is 13.5 Å². The summed E-state index contributed by atoms with van der Waals surface area (Å²) in [6.45, 7) is 4.99. The Morgan fingerprint density at radius 2 is 2.30 bits per heavy atom. The van der Waals surface area contributed by atoms with E-state index in [2.05, 4.69) is 10.9 Å². The van der Waals surface area contributed by atoms with E-state index in [0.717, 1.165) is 0 Å². The van der Waals surface area contributed by atoms with Crippen LogP contribution in [0.5, 0.6) is 0 Å². The van der Waals surface area contributed by atoms with Gasteiger partial charge in [0, 0.05) is 6.42 Å². The van der Waals surface area contributed by atoms with Crippen molar-refractivity contribution in [1.29, 1.82) is 5.41 Å². The van der Waals surface area contributed by atoms with Gasteiger partial charge in [-0.2, -0.15) is 0 Å². The van der Waals surface area contributed by atoms with Gasteiger partial charge in [-0.25, -0.2) is 0 Å². The summed E-state index contributed by atoms with van der Waals surface area (Å²) in [6, 6.07) is 0. The van der Waals surface area contributed by atoms with Crippen molar-refractivity contribution >= 4 is 23.5 Å². The van der Waals surface area contributed by atoms with E-state index in [4.69, 9.17) is 17.3 Å². The predicted molar refractivity (Wildman–Crippen MR) is 39.1 cm³/mol. The van der Waals surface area contributed by atoms with Gasteiger partial charge in [-0.3, -0.25) is 10.2 Å². The molecule has 0 aliphatic rings. The lowest BCUT2D eigenvalue weighted by molar-refractivity contribution is -0.114. The molecule has 3 nitrogen and oxygen atoms in total. The first-order valence-corrected chi connectivity index (χ1v) is 3.04. The molecule has 4 heteroatoms. The van der Waals surface area contributed by atoms with Crippen molar-refractivity contribution in [2.75, 3.05) is 0 Å². The zero-order valence-corrected chi connectivity index (χ0v) is 6.36. The average molecular weight is 162 g/mol. The van der Waals surface area contributed by atoms with Crippen LogP contribution in [0.15, 0.2) is 12.2 Å². The van der Waals surface area contributed by atoms with Crippen LogP contribution in [0, 0.1) is 5.41 Å². The molecule has 10 heavy (non-hydrogen) atoms. The van der Waals surface area contributed by atoms with Gasteiger partial charge >= 0.3 is 0 Å². The van der Waals surface area contributed by atoms with E-state index in [1.54, 1.807) is 6.92 Å². The molecule has 0 atom stereocenters. The third-order valence-corrected chi connectivity index (χ3v) is 1.16. The van der Waals surface area contributed by atoms with Gasteiger partial charge in [-0.05, 0) is 0 Å². The molecule has 0 fully saturated rings. The summed E-state index contributed by atoms with van der Waals surface area (Å²) in [7, 11) is 0. The molecular formula is C6H8ClNO2. The number of hydrogen-bond donors (Lipinski definition) is 1. The van der Waals surface area contributed by atoms with Crippen LogP contribution < -0.4 is 0 Å². The molecule has 56 valence electrons. The Bertz CT molecular complexity index is 159. The van der Waals surface area contributed by atoms with Crippen LogP contribution in [-0.2, 0) is 9.08 Å². The molecule has 0 bridgehead atoms. The fraction of sp³-hybridized carbons (Fsp3) is 0.333. The van der Waals surface area contributed by atoms with Crippen LogP contribution in [0.4, 0.5) is 0 Å². The van der Waals surface area contributed by atoms with Gasteiger partial charge in [0.05, 0.1) is 5.57 Å². The average Bonchev–Trinajstić information content (AvgIpc) is 2.00. The molecule has 0 aromatic carbocycles. The highest BCUT2D eigenvalue weighted by molar-refractivity contribution is 6.24. The minimum atomic E-state index is -0.381. The van der Waals surface area contributed by atoms with Gasteiger partial charge in [0.2, 0.25) is 5.90 Å². The minimum Gasteiger partial charge on any atom is -0.365 e. The monoisotopic (exact) mass is 161 g/mol. The number of halogens is 1. The second kappa shape index (κ2) is 4.06. The quantitative estimate of drug-likeness (QED) is 0.389. The zero-order valence-electron chi connectivity index (χ0n) is 5.61. The van der Waals surface area contributed by atoms with Crippen molar-refractivity contribution in [2.24, 2.45) is 0 Å². The number of carbonyl (C=O) groups is 1. The van der Waals surface area contributed by atoms with Gasteiger partial charge in [-0.15, -0.1) is 0 Å². The molecule has 0 aromatic heterocycles. The predicted octanol–water partition coefficient (Wildman–Crippen LogP) is 1.67. The SMILES string of the molecule is C=C(C(=N)OCl)C(=O)CC. The molecule has 0 saturated carbocycles. The molecule has 0 rings (SSSR count). The van der Waals surface area contributed by atoms with E-state index in [0.29, 0.717) is 6.42 Å². The van der Waals surface area contributed by atoms with Crippen LogP contribution in [0.1, 0.15) is 13.3 Å². The van der Waals surface area contributed by atoms with Gasteiger partial charge < -0.3 is 4.29 Å².